The van der Waals surface area contributed by atoms with Crippen molar-refractivity contribution >= 4 is 5.69 Å². The maximum absolute atomic E-state index is 4.47. The zero-order valence-electron chi connectivity index (χ0n) is 12.6. The summed E-state index contributed by atoms with van der Waals surface area (Å²) in [5.74, 6) is 0.804. The van der Waals surface area contributed by atoms with E-state index in [1.807, 2.05) is 6.20 Å². The van der Waals surface area contributed by atoms with Crippen molar-refractivity contribution in [1.29, 1.82) is 0 Å². The van der Waals surface area contributed by atoms with Crippen LogP contribution in [-0.2, 0) is 6.54 Å². The summed E-state index contributed by atoms with van der Waals surface area (Å²) in [4.78, 5) is 7.01. The molecule has 0 amide bonds. The van der Waals surface area contributed by atoms with Gasteiger partial charge >= 0.3 is 0 Å². The number of piperidine rings is 1. The minimum Gasteiger partial charge on any atom is -0.371 e. The zero-order chi connectivity index (χ0) is 13.7. The Bertz CT molecular complexity index is 403. The molecule has 3 heteroatoms. The number of hydrogen-bond acceptors (Lipinski definition) is 3. The lowest BCUT2D eigenvalue weighted by atomic mass is 9.99. The van der Waals surface area contributed by atoms with Crippen LogP contribution in [0.15, 0.2) is 12.3 Å². The van der Waals surface area contributed by atoms with Crippen molar-refractivity contribution in [2.75, 3.05) is 24.5 Å². The topological polar surface area (TPSA) is 28.2 Å². The van der Waals surface area contributed by atoms with Crippen molar-refractivity contribution < 1.29 is 0 Å². The number of hydrogen-bond donors (Lipinski definition) is 1. The Kier molecular flexibility index (Phi) is 5.20. The van der Waals surface area contributed by atoms with Gasteiger partial charge in [0, 0.05) is 42.8 Å². The average molecular weight is 261 g/mol. The van der Waals surface area contributed by atoms with Gasteiger partial charge in [-0.15, -0.1) is 0 Å². The summed E-state index contributed by atoms with van der Waals surface area (Å²) in [6.45, 7) is 11.0. The van der Waals surface area contributed by atoms with Gasteiger partial charge in [-0.3, -0.25) is 4.98 Å². The molecule has 2 rings (SSSR count). The van der Waals surface area contributed by atoms with Crippen molar-refractivity contribution in [2.45, 2.75) is 46.6 Å². The van der Waals surface area contributed by atoms with Gasteiger partial charge in [-0.1, -0.05) is 13.8 Å². The first-order valence-corrected chi connectivity index (χ1v) is 7.62. The van der Waals surface area contributed by atoms with Gasteiger partial charge in [-0.2, -0.15) is 0 Å². The van der Waals surface area contributed by atoms with Gasteiger partial charge in [0.05, 0.1) is 0 Å². The third-order valence-electron chi connectivity index (χ3n) is 3.84. The molecule has 0 aromatic carbocycles. The number of aromatic nitrogens is 1. The van der Waals surface area contributed by atoms with E-state index in [-0.39, 0.29) is 0 Å². The Morgan fingerprint density at radius 3 is 3.05 bits per heavy atom. The third kappa shape index (κ3) is 3.93. The fraction of sp³-hybridized carbons (Fsp3) is 0.688. The SMILES string of the molecule is CCCNCc1cnc(C)cc1N1CCCC(C)C1. The van der Waals surface area contributed by atoms with Gasteiger partial charge in [-0.05, 0) is 44.7 Å². The van der Waals surface area contributed by atoms with Gasteiger partial charge in [-0.25, -0.2) is 0 Å². The molecule has 1 fully saturated rings. The van der Waals surface area contributed by atoms with Crippen LogP contribution in [-0.4, -0.2) is 24.6 Å². The van der Waals surface area contributed by atoms with Crippen LogP contribution in [0.5, 0.6) is 0 Å². The lowest BCUT2D eigenvalue weighted by Crippen LogP contribution is -2.35. The van der Waals surface area contributed by atoms with Gasteiger partial charge < -0.3 is 10.2 Å². The number of nitrogens with one attached hydrogen (secondary N) is 1. The molecule has 1 saturated heterocycles. The first-order chi connectivity index (χ1) is 9.20. The van der Waals surface area contributed by atoms with Crippen LogP contribution in [0.25, 0.3) is 0 Å². The van der Waals surface area contributed by atoms with Crippen molar-refractivity contribution in [2.24, 2.45) is 5.92 Å². The molecule has 2 heterocycles. The molecule has 1 unspecified atom stereocenters. The molecule has 0 spiro atoms. The maximum atomic E-state index is 4.47. The number of rotatable bonds is 5. The smallest absolute Gasteiger partial charge is 0.0445 e. The molecular weight excluding hydrogens is 234 g/mol. The Hall–Kier alpha value is -1.09. The van der Waals surface area contributed by atoms with Crippen molar-refractivity contribution in [1.82, 2.24) is 10.3 Å². The van der Waals surface area contributed by atoms with E-state index in [1.54, 1.807) is 0 Å². The Morgan fingerprint density at radius 1 is 1.47 bits per heavy atom. The molecule has 1 atom stereocenters. The predicted molar refractivity (Wildman–Crippen MR) is 81.6 cm³/mol. The maximum Gasteiger partial charge on any atom is 0.0445 e. The minimum absolute atomic E-state index is 0.804. The van der Waals surface area contributed by atoms with E-state index >= 15 is 0 Å². The lowest BCUT2D eigenvalue weighted by Gasteiger charge is -2.34. The molecule has 1 aromatic rings. The number of nitrogens with zero attached hydrogens (tertiary/aromatic N) is 2. The van der Waals surface area contributed by atoms with Crippen molar-refractivity contribution in [3.63, 3.8) is 0 Å². The first-order valence-electron chi connectivity index (χ1n) is 7.62. The second-order valence-corrected chi connectivity index (χ2v) is 5.82. The van der Waals surface area contributed by atoms with Crippen molar-refractivity contribution in [3.05, 3.63) is 23.5 Å². The Balaban J connectivity index is 2.13. The molecular formula is C16H27N3. The highest BCUT2D eigenvalue weighted by Gasteiger charge is 2.19. The fourth-order valence-corrected chi connectivity index (χ4v) is 2.81. The van der Waals surface area contributed by atoms with Crippen LogP contribution in [0.1, 0.15) is 44.4 Å². The van der Waals surface area contributed by atoms with E-state index in [0.29, 0.717) is 0 Å². The molecule has 1 aromatic heterocycles. The Labute approximate surface area is 117 Å². The van der Waals surface area contributed by atoms with E-state index in [9.17, 15) is 0 Å². The van der Waals surface area contributed by atoms with E-state index in [0.717, 1.165) is 24.7 Å². The number of aryl methyl sites for hydroxylation is 1. The quantitative estimate of drug-likeness (QED) is 0.825. The minimum atomic E-state index is 0.804. The van der Waals surface area contributed by atoms with Crippen LogP contribution >= 0.6 is 0 Å². The molecule has 19 heavy (non-hydrogen) atoms. The molecule has 0 radical (unpaired) electrons. The van der Waals surface area contributed by atoms with Crippen LogP contribution in [0.2, 0.25) is 0 Å². The fourth-order valence-electron chi connectivity index (χ4n) is 2.81. The summed E-state index contributed by atoms with van der Waals surface area (Å²) >= 11 is 0. The van der Waals surface area contributed by atoms with Crippen molar-refractivity contribution in [3.8, 4) is 0 Å². The predicted octanol–water partition coefficient (Wildman–Crippen LogP) is 3.13. The van der Waals surface area contributed by atoms with E-state index in [4.69, 9.17) is 0 Å². The van der Waals surface area contributed by atoms with Crippen LogP contribution in [0.3, 0.4) is 0 Å². The summed E-state index contributed by atoms with van der Waals surface area (Å²) < 4.78 is 0. The third-order valence-corrected chi connectivity index (χ3v) is 3.84. The normalized spacial score (nSPS) is 19.7. The summed E-state index contributed by atoms with van der Waals surface area (Å²) in [5, 5.41) is 3.49. The number of anilines is 1. The van der Waals surface area contributed by atoms with Gasteiger partial charge in [0.15, 0.2) is 0 Å². The Morgan fingerprint density at radius 2 is 2.32 bits per heavy atom. The molecule has 1 aliphatic rings. The first kappa shape index (κ1) is 14.3. The molecule has 106 valence electrons. The molecule has 0 bridgehead atoms. The second kappa shape index (κ2) is 6.90. The monoisotopic (exact) mass is 261 g/mol. The van der Waals surface area contributed by atoms with E-state index in [1.165, 1.54) is 43.6 Å². The van der Waals surface area contributed by atoms with Gasteiger partial charge in [0.1, 0.15) is 0 Å². The molecule has 3 nitrogen and oxygen atoms in total. The molecule has 1 aliphatic heterocycles. The highest BCUT2D eigenvalue weighted by Crippen LogP contribution is 2.26. The van der Waals surface area contributed by atoms with E-state index < -0.39 is 0 Å². The van der Waals surface area contributed by atoms with Crippen LogP contribution < -0.4 is 10.2 Å². The van der Waals surface area contributed by atoms with Gasteiger partial charge in [0.2, 0.25) is 0 Å². The molecule has 0 saturated carbocycles. The molecule has 1 N–H and O–H groups in total. The van der Waals surface area contributed by atoms with Crippen LogP contribution in [0, 0.1) is 12.8 Å². The standard InChI is InChI=1S/C16H27N3/c1-4-7-17-10-15-11-18-14(3)9-16(15)19-8-5-6-13(2)12-19/h9,11,13,17H,4-8,10,12H2,1-3H3. The number of pyridine rings is 1. The van der Waals surface area contributed by atoms with E-state index in [2.05, 4.69) is 42.0 Å². The zero-order valence-corrected chi connectivity index (χ0v) is 12.6. The summed E-state index contributed by atoms with van der Waals surface area (Å²) in [5.41, 5.74) is 3.85. The highest BCUT2D eigenvalue weighted by molar-refractivity contribution is 5.54. The lowest BCUT2D eigenvalue weighted by molar-refractivity contribution is 0.445. The molecule has 0 aliphatic carbocycles. The summed E-state index contributed by atoms with van der Waals surface area (Å²) in [7, 11) is 0. The largest absolute Gasteiger partial charge is 0.371 e. The van der Waals surface area contributed by atoms with Crippen LogP contribution in [0.4, 0.5) is 5.69 Å². The average Bonchev–Trinajstić information content (AvgIpc) is 2.40. The van der Waals surface area contributed by atoms with Gasteiger partial charge in [0.25, 0.3) is 0 Å². The second-order valence-electron chi connectivity index (χ2n) is 5.82. The summed E-state index contributed by atoms with van der Waals surface area (Å²) in [6.07, 6.45) is 5.90. The summed E-state index contributed by atoms with van der Waals surface area (Å²) in [6, 6.07) is 2.25. The highest BCUT2D eigenvalue weighted by atomic mass is 15.1.